The normalized spacial score (nSPS) is 11.7. The lowest BCUT2D eigenvalue weighted by atomic mass is 10.1. The Kier molecular flexibility index (Phi) is 6.72. The highest BCUT2D eigenvalue weighted by atomic mass is 15.2. The Balaban J connectivity index is 1.14. The molecule has 0 fully saturated rings. The fraction of sp³-hybridized carbons (Fsp3) is 0. The highest BCUT2D eigenvalue weighted by molar-refractivity contribution is 6.19. The van der Waals surface area contributed by atoms with Gasteiger partial charge in [0.25, 0.3) is 0 Å². The van der Waals surface area contributed by atoms with Gasteiger partial charge in [0.15, 0.2) is 17.5 Å². The second kappa shape index (κ2) is 12.0. The molecule has 7 nitrogen and oxygen atoms in total. The molecule has 0 amide bonds. The lowest BCUT2D eigenvalue weighted by Gasteiger charge is -2.11. The minimum absolute atomic E-state index is 0.475. The molecule has 11 aromatic rings. The highest BCUT2D eigenvalue weighted by Crippen LogP contribution is 2.39. The molecule has 0 saturated heterocycles. The van der Waals surface area contributed by atoms with E-state index in [9.17, 15) is 0 Å². The zero-order valence-electron chi connectivity index (χ0n) is 28.9. The smallest absolute Gasteiger partial charge is 0.235 e. The van der Waals surface area contributed by atoms with Crippen molar-refractivity contribution in [2.24, 2.45) is 0 Å². The Labute approximate surface area is 309 Å². The Morgan fingerprint density at radius 3 is 1.70 bits per heavy atom. The first-order valence-electron chi connectivity index (χ1n) is 17.9. The summed E-state index contributed by atoms with van der Waals surface area (Å²) in [7, 11) is 0. The minimum Gasteiger partial charge on any atom is -0.309 e. The van der Waals surface area contributed by atoms with E-state index in [2.05, 4.69) is 130 Å². The van der Waals surface area contributed by atoms with Crippen LogP contribution in [-0.2, 0) is 0 Å². The molecule has 4 aromatic heterocycles. The van der Waals surface area contributed by atoms with Crippen LogP contribution in [0.1, 0.15) is 0 Å². The molecule has 7 heteroatoms. The molecule has 7 aromatic carbocycles. The third kappa shape index (κ3) is 4.79. The number of benzene rings is 7. The molecule has 4 heterocycles. The summed E-state index contributed by atoms with van der Waals surface area (Å²) in [5.41, 5.74) is 7.82. The van der Waals surface area contributed by atoms with Crippen molar-refractivity contribution in [3.05, 3.63) is 176 Å². The van der Waals surface area contributed by atoms with Crippen LogP contribution in [0.4, 0.5) is 0 Å². The molecule has 0 N–H and O–H groups in total. The van der Waals surface area contributed by atoms with Crippen LogP contribution in [0, 0.1) is 0 Å². The summed E-state index contributed by atoms with van der Waals surface area (Å²) in [5, 5.41) is 6.94. The van der Waals surface area contributed by atoms with Gasteiger partial charge in [-0.25, -0.2) is 24.9 Å². The molecule has 11 rings (SSSR count). The zero-order chi connectivity index (χ0) is 35.6. The highest BCUT2D eigenvalue weighted by Gasteiger charge is 2.20. The molecule has 54 heavy (non-hydrogen) atoms. The van der Waals surface area contributed by atoms with E-state index in [-0.39, 0.29) is 0 Å². The Bertz CT molecular complexity index is 3220. The van der Waals surface area contributed by atoms with E-state index in [1.54, 1.807) is 6.20 Å². The molecule has 0 aliphatic heterocycles. The third-order valence-corrected chi connectivity index (χ3v) is 10.2. The van der Waals surface area contributed by atoms with Crippen LogP contribution in [0.15, 0.2) is 176 Å². The number of fused-ring (bicyclic) bond motifs is 7. The van der Waals surface area contributed by atoms with E-state index in [0.29, 0.717) is 29.1 Å². The molecule has 0 unspecified atom stereocenters. The maximum atomic E-state index is 5.20. The number of hydrogen-bond donors (Lipinski definition) is 0. The maximum Gasteiger partial charge on any atom is 0.235 e. The second-order valence-corrected chi connectivity index (χ2v) is 13.4. The molecule has 0 saturated carbocycles. The lowest BCUT2D eigenvalue weighted by Crippen LogP contribution is -2.05. The standard InChI is InChI=1S/C47H29N7/c1-3-14-31(15-4-1)44-50-45(33-24-23-30-13-7-8-16-32(30)27-33)52-46(51-44)39-25-26-48-47(49-39)54-41-22-12-10-20-36(41)38-28-37-35-19-9-11-21-40(35)53(42(37)29-43(38)54)34-17-5-2-6-18-34/h1-29H. The van der Waals surface area contributed by atoms with Gasteiger partial charge in [-0.2, -0.15) is 0 Å². The lowest BCUT2D eigenvalue weighted by molar-refractivity contribution is 0.975. The van der Waals surface area contributed by atoms with Crippen LogP contribution in [0.2, 0.25) is 0 Å². The van der Waals surface area contributed by atoms with Crippen molar-refractivity contribution in [3.8, 4) is 45.9 Å². The molecule has 0 radical (unpaired) electrons. The van der Waals surface area contributed by atoms with Crippen LogP contribution in [0.25, 0.3) is 100 Å². The van der Waals surface area contributed by atoms with Gasteiger partial charge >= 0.3 is 0 Å². The van der Waals surface area contributed by atoms with Crippen LogP contribution < -0.4 is 0 Å². The van der Waals surface area contributed by atoms with Gasteiger partial charge in [-0.05, 0) is 59.3 Å². The van der Waals surface area contributed by atoms with Gasteiger partial charge in [0.2, 0.25) is 5.95 Å². The first kappa shape index (κ1) is 30.1. The van der Waals surface area contributed by atoms with Crippen molar-refractivity contribution < 1.29 is 0 Å². The minimum atomic E-state index is 0.475. The summed E-state index contributed by atoms with van der Waals surface area (Å²) in [4.78, 5) is 25.1. The van der Waals surface area contributed by atoms with Gasteiger partial charge < -0.3 is 4.57 Å². The van der Waals surface area contributed by atoms with E-state index in [1.807, 2.05) is 48.5 Å². The van der Waals surface area contributed by atoms with Crippen LogP contribution in [0.5, 0.6) is 0 Å². The predicted molar refractivity (Wildman–Crippen MR) is 218 cm³/mol. The Hall–Kier alpha value is -7.51. The van der Waals surface area contributed by atoms with E-state index < -0.39 is 0 Å². The van der Waals surface area contributed by atoms with Gasteiger partial charge in [0, 0.05) is 44.6 Å². The summed E-state index contributed by atoms with van der Waals surface area (Å²) in [6.07, 6.45) is 1.79. The SMILES string of the molecule is c1ccc(-c2nc(-c3ccc4ccccc4c3)nc(-c3ccnc(-n4c5ccccc5c5cc6c7ccccc7n(-c7ccccc7)c6cc54)n3)n2)cc1. The number of hydrogen-bond acceptors (Lipinski definition) is 5. The van der Waals surface area contributed by atoms with Gasteiger partial charge in [-0.1, -0.05) is 121 Å². The summed E-state index contributed by atoms with van der Waals surface area (Å²) in [5.74, 6) is 2.17. The third-order valence-electron chi connectivity index (χ3n) is 10.2. The first-order valence-corrected chi connectivity index (χ1v) is 17.9. The van der Waals surface area contributed by atoms with Crippen LogP contribution >= 0.6 is 0 Å². The van der Waals surface area contributed by atoms with E-state index in [4.69, 9.17) is 24.9 Å². The summed E-state index contributed by atoms with van der Waals surface area (Å²) >= 11 is 0. The molecule has 0 spiro atoms. The second-order valence-electron chi connectivity index (χ2n) is 13.4. The van der Waals surface area contributed by atoms with E-state index >= 15 is 0 Å². The average molecular weight is 692 g/mol. The van der Waals surface area contributed by atoms with E-state index in [0.717, 1.165) is 60.4 Å². The summed E-state index contributed by atoms with van der Waals surface area (Å²) in [6.45, 7) is 0. The quantitative estimate of drug-likeness (QED) is 0.180. The molecule has 252 valence electrons. The number of aromatic nitrogens is 7. The molecule has 0 aliphatic rings. The number of rotatable bonds is 5. The fourth-order valence-corrected chi connectivity index (χ4v) is 7.75. The largest absolute Gasteiger partial charge is 0.309 e. The number of nitrogens with zero attached hydrogens (tertiary/aromatic N) is 7. The van der Waals surface area contributed by atoms with Crippen molar-refractivity contribution in [1.29, 1.82) is 0 Å². The van der Waals surface area contributed by atoms with Crippen molar-refractivity contribution in [3.63, 3.8) is 0 Å². The Morgan fingerprint density at radius 2 is 0.944 bits per heavy atom. The molecule has 0 aliphatic carbocycles. The zero-order valence-corrected chi connectivity index (χ0v) is 28.9. The van der Waals surface area contributed by atoms with Crippen LogP contribution in [-0.4, -0.2) is 34.1 Å². The van der Waals surface area contributed by atoms with E-state index in [1.165, 1.54) is 10.8 Å². The molecular formula is C47H29N7. The summed E-state index contributed by atoms with van der Waals surface area (Å²) in [6, 6.07) is 58.7. The fourth-order valence-electron chi connectivity index (χ4n) is 7.75. The van der Waals surface area contributed by atoms with Crippen molar-refractivity contribution in [2.75, 3.05) is 0 Å². The molecular weight excluding hydrogens is 663 g/mol. The predicted octanol–water partition coefficient (Wildman–Crippen LogP) is 11.0. The van der Waals surface area contributed by atoms with Crippen molar-refractivity contribution in [2.45, 2.75) is 0 Å². The first-order chi connectivity index (χ1) is 26.8. The van der Waals surface area contributed by atoms with Gasteiger partial charge in [-0.15, -0.1) is 0 Å². The van der Waals surface area contributed by atoms with Crippen molar-refractivity contribution in [1.82, 2.24) is 34.1 Å². The van der Waals surface area contributed by atoms with Crippen LogP contribution in [0.3, 0.4) is 0 Å². The van der Waals surface area contributed by atoms with Crippen molar-refractivity contribution >= 4 is 54.4 Å². The maximum absolute atomic E-state index is 5.20. The van der Waals surface area contributed by atoms with Gasteiger partial charge in [0.05, 0.1) is 22.1 Å². The number of para-hydroxylation sites is 3. The topological polar surface area (TPSA) is 74.3 Å². The van der Waals surface area contributed by atoms with Gasteiger partial charge in [0.1, 0.15) is 5.69 Å². The molecule has 0 bridgehead atoms. The Morgan fingerprint density at radius 1 is 0.352 bits per heavy atom. The average Bonchev–Trinajstić information content (AvgIpc) is 3.75. The molecule has 0 atom stereocenters. The summed E-state index contributed by atoms with van der Waals surface area (Å²) < 4.78 is 4.50. The van der Waals surface area contributed by atoms with Gasteiger partial charge in [-0.3, -0.25) is 4.57 Å². The monoisotopic (exact) mass is 691 g/mol.